The van der Waals surface area contributed by atoms with Gasteiger partial charge in [-0.2, -0.15) is 0 Å². The third kappa shape index (κ3) is 3.46. The van der Waals surface area contributed by atoms with Gasteiger partial charge in [0.1, 0.15) is 18.2 Å². The highest BCUT2D eigenvalue weighted by atomic mass is 35.5. The van der Waals surface area contributed by atoms with Crippen LogP contribution in [-0.4, -0.2) is 0 Å². The Balaban J connectivity index is 2.07. The topological polar surface area (TPSA) is 35.2 Å². The largest absolute Gasteiger partial charge is 0.489 e. The molecule has 2 N–H and O–H groups in total. The molecule has 0 unspecified atom stereocenters. The number of benzene rings is 2. The number of aryl methyl sites for hydroxylation is 1. The number of ether oxygens (including phenoxy) is 1. The molecule has 0 fully saturated rings. The second-order valence-corrected chi connectivity index (χ2v) is 4.74. The number of halogens is 2. The van der Waals surface area contributed by atoms with Gasteiger partial charge < -0.3 is 10.5 Å². The number of rotatable bonds is 4. The normalized spacial score (nSPS) is 10.5. The van der Waals surface area contributed by atoms with E-state index >= 15 is 0 Å². The van der Waals surface area contributed by atoms with E-state index in [9.17, 15) is 4.39 Å². The van der Waals surface area contributed by atoms with Crippen molar-refractivity contribution < 1.29 is 9.13 Å². The molecule has 2 rings (SSSR count). The molecular weight excluding hydrogens is 265 g/mol. The average molecular weight is 280 g/mol. The smallest absolute Gasteiger partial charge is 0.126 e. The fourth-order valence-corrected chi connectivity index (χ4v) is 1.96. The first-order valence-corrected chi connectivity index (χ1v) is 6.34. The highest BCUT2D eigenvalue weighted by Gasteiger charge is 2.04. The number of hydrogen-bond donors (Lipinski definition) is 1. The van der Waals surface area contributed by atoms with Crippen molar-refractivity contribution in [3.8, 4) is 5.75 Å². The molecule has 19 heavy (non-hydrogen) atoms. The molecule has 2 aromatic rings. The molecule has 0 amide bonds. The van der Waals surface area contributed by atoms with E-state index in [0.29, 0.717) is 29.5 Å². The zero-order chi connectivity index (χ0) is 13.8. The summed E-state index contributed by atoms with van der Waals surface area (Å²) in [6, 6.07) is 10.3. The van der Waals surface area contributed by atoms with Crippen LogP contribution in [0.3, 0.4) is 0 Å². The maximum Gasteiger partial charge on any atom is 0.126 e. The minimum Gasteiger partial charge on any atom is -0.489 e. The minimum atomic E-state index is -0.238. The molecule has 0 aromatic heterocycles. The minimum absolute atomic E-state index is 0.238. The van der Waals surface area contributed by atoms with E-state index in [1.807, 2.05) is 18.2 Å². The van der Waals surface area contributed by atoms with Gasteiger partial charge in [-0.15, -0.1) is 0 Å². The molecule has 0 saturated heterocycles. The summed E-state index contributed by atoms with van der Waals surface area (Å²) in [4.78, 5) is 0. The van der Waals surface area contributed by atoms with Crippen LogP contribution in [0.15, 0.2) is 36.4 Å². The molecule has 0 radical (unpaired) electrons. The molecule has 0 saturated carbocycles. The zero-order valence-corrected chi connectivity index (χ0v) is 11.4. The highest BCUT2D eigenvalue weighted by Crippen LogP contribution is 2.21. The molecule has 100 valence electrons. The van der Waals surface area contributed by atoms with Gasteiger partial charge in [0.25, 0.3) is 0 Å². The monoisotopic (exact) mass is 279 g/mol. The van der Waals surface area contributed by atoms with Crippen molar-refractivity contribution >= 4 is 11.6 Å². The van der Waals surface area contributed by atoms with Gasteiger partial charge in [-0.05, 0) is 42.3 Å². The van der Waals surface area contributed by atoms with Crippen LogP contribution in [0, 0.1) is 12.7 Å². The zero-order valence-electron chi connectivity index (χ0n) is 10.6. The maximum absolute atomic E-state index is 13.1. The van der Waals surface area contributed by atoms with E-state index in [4.69, 9.17) is 22.1 Å². The second-order valence-electron chi connectivity index (χ2n) is 4.33. The third-order valence-electron chi connectivity index (χ3n) is 2.88. The van der Waals surface area contributed by atoms with E-state index in [2.05, 4.69) is 0 Å². The lowest BCUT2D eigenvalue weighted by Crippen LogP contribution is -2.00. The summed E-state index contributed by atoms with van der Waals surface area (Å²) in [5.74, 6) is 0.385. The molecular formula is C15H15ClFNO. The average Bonchev–Trinajstić information content (AvgIpc) is 2.41. The highest BCUT2D eigenvalue weighted by molar-refractivity contribution is 6.31. The summed E-state index contributed by atoms with van der Waals surface area (Å²) in [6.07, 6.45) is 0. The summed E-state index contributed by atoms with van der Waals surface area (Å²) >= 11 is 6.14. The molecule has 2 nitrogen and oxygen atoms in total. The predicted octanol–water partition coefficient (Wildman–Crippen LogP) is 3.83. The van der Waals surface area contributed by atoms with Crippen molar-refractivity contribution in [3.05, 3.63) is 63.9 Å². The van der Waals surface area contributed by atoms with Crippen LogP contribution in [0.2, 0.25) is 5.02 Å². The van der Waals surface area contributed by atoms with Crippen LogP contribution >= 0.6 is 11.6 Å². The Hall–Kier alpha value is -1.58. The Bertz CT molecular complexity index is 586. The van der Waals surface area contributed by atoms with Crippen LogP contribution in [-0.2, 0) is 13.2 Å². The fraction of sp³-hybridized carbons (Fsp3) is 0.200. The molecule has 0 aliphatic rings. The van der Waals surface area contributed by atoms with Crippen LogP contribution in [0.5, 0.6) is 5.75 Å². The molecule has 0 atom stereocenters. The van der Waals surface area contributed by atoms with Gasteiger partial charge in [-0.3, -0.25) is 0 Å². The lowest BCUT2D eigenvalue weighted by Gasteiger charge is -2.09. The Kier molecular flexibility index (Phi) is 4.40. The molecule has 0 spiro atoms. The van der Waals surface area contributed by atoms with Gasteiger partial charge in [-0.1, -0.05) is 23.7 Å². The summed E-state index contributed by atoms with van der Waals surface area (Å²) in [7, 11) is 0. The van der Waals surface area contributed by atoms with Gasteiger partial charge >= 0.3 is 0 Å². The van der Waals surface area contributed by atoms with Gasteiger partial charge in [0.15, 0.2) is 0 Å². The van der Waals surface area contributed by atoms with Crippen LogP contribution in [0.4, 0.5) is 4.39 Å². The quantitative estimate of drug-likeness (QED) is 0.923. The third-order valence-corrected chi connectivity index (χ3v) is 3.23. The molecule has 0 bridgehead atoms. The standard InChI is InChI=1S/C15H15ClFNO/c1-10-6-13(4-5-15(10)17)19-9-12-3-2-11(8-18)7-14(12)16/h2-7H,8-9,18H2,1H3. The summed E-state index contributed by atoms with van der Waals surface area (Å²) < 4.78 is 18.7. The summed E-state index contributed by atoms with van der Waals surface area (Å²) in [5, 5.41) is 0.627. The van der Waals surface area contributed by atoms with Crippen molar-refractivity contribution in [2.75, 3.05) is 0 Å². The van der Waals surface area contributed by atoms with Crippen molar-refractivity contribution in [1.29, 1.82) is 0 Å². The van der Waals surface area contributed by atoms with Crippen molar-refractivity contribution in [2.45, 2.75) is 20.1 Å². The van der Waals surface area contributed by atoms with E-state index in [-0.39, 0.29) is 5.82 Å². The molecule has 4 heteroatoms. The van der Waals surface area contributed by atoms with Crippen LogP contribution < -0.4 is 10.5 Å². The van der Waals surface area contributed by atoms with Crippen molar-refractivity contribution in [2.24, 2.45) is 5.73 Å². The van der Waals surface area contributed by atoms with Gasteiger partial charge in [0.2, 0.25) is 0 Å². The Labute approximate surface area is 117 Å². The molecule has 2 aromatic carbocycles. The first-order chi connectivity index (χ1) is 9.10. The van der Waals surface area contributed by atoms with Crippen LogP contribution in [0.25, 0.3) is 0 Å². The Morgan fingerprint density at radius 2 is 2.00 bits per heavy atom. The lowest BCUT2D eigenvalue weighted by atomic mass is 10.1. The summed E-state index contributed by atoms with van der Waals surface area (Å²) in [5.41, 5.74) is 7.95. The van der Waals surface area contributed by atoms with Gasteiger partial charge in [-0.25, -0.2) is 4.39 Å². The number of nitrogens with two attached hydrogens (primary N) is 1. The lowest BCUT2D eigenvalue weighted by molar-refractivity contribution is 0.305. The Morgan fingerprint density at radius 3 is 2.63 bits per heavy atom. The van der Waals surface area contributed by atoms with Crippen LogP contribution in [0.1, 0.15) is 16.7 Å². The van der Waals surface area contributed by atoms with Crippen molar-refractivity contribution in [3.63, 3.8) is 0 Å². The summed E-state index contributed by atoms with van der Waals surface area (Å²) in [6.45, 7) is 2.50. The molecule has 0 aliphatic carbocycles. The SMILES string of the molecule is Cc1cc(OCc2ccc(CN)cc2Cl)ccc1F. The van der Waals surface area contributed by atoms with Gasteiger partial charge in [0.05, 0.1) is 0 Å². The Morgan fingerprint density at radius 1 is 1.21 bits per heavy atom. The number of hydrogen-bond acceptors (Lipinski definition) is 2. The molecule has 0 heterocycles. The van der Waals surface area contributed by atoms with Crippen molar-refractivity contribution in [1.82, 2.24) is 0 Å². The first-order valence-electron chi connectivity index (χ1n) is 5.96. The maximum atomic E-state index is 13.1. The van der Waals surface area contributed by atoms with E-state index in [0.717, 1.165) is 11.1 Å². The first kappa shape index (κ1) is 13.8. The van der Waals surface area contributed by atoms with E-state index < -0.39 is 0 Å². The van der Waals surface area contributed by atoms with E-state index in [1.165, 1.54) is 6.07 Å². The predicted molar refractivity (Wildman–Crippen MR) is 74.8 cm³/mol. The fourth-order valence-electron chi connectivity index (χ4n) is 1.70. The second kappa shape index (κ2) is 6.04. The van der Waals surface area contributed by atoms with Gasteiger partial charge in [0, 0.05) is 17.1 Å². The van der Waals surface area contributed by atoms with E-state index in [1.54, 1.807) is 19.1 Å². The molecule has 0 aliphatic heterocycles.